The molecule has 178 valence electrons. The van der Waals surface area contributed by atoms with Crippen LogP contribution in [-0.2, 0) is 0 Å². The van der Waals surface area contributed by atoms with Gasteiger partial charge in [0.1, 0.15) is 17.2 Å². The van der Waals surface area contributed by atoms with Crippen molar-refractivity contribution in [1.82, 2.24) is 24.4 Å². The van der Waals surface area contributed by atoms with Gasteiger partial charge >= 0.3 is 6.09 Å². The number of pyridine rings is 2. The Kier molecular flexibility index (Phi) is 5.99. The van der Waals surface area contributed by atoms with Gasteiger partial charge in [0.05, 0.1) is 11.9 Å². The van der Waals surface area contributed by atoms with Crippen LogP contribution in [0.4, 0.5) is 22.0 Å². The molecule has 10 nitrogen and oxygen atoms in total. The standard InChI is InChI=1S/C23H26ClN7O3/c1-14-17-13-26-22(24)28-20(17)31(15-4-2-3-5-15)21(32)19(14)27-18-7-6-16(12-25-18)29-8-10-30(11-9-29)23(33)34/h6-7,12-13,15H,2-5,8-11H2,1H3,(H,25,27)(H,33,34). The van der Waals surface area contributed by atoms with Crippen LogP contribution in [0.3, 0.4) is 0 Å². The highest BCUT2D eigenvalue weighted by Crippen LogP contribution is 2.33. The predicted molar refractivity (Wildman–Crippen MR) is 130 cm³/mol. The summed E-state index contributed by atoms with van der Waals surface area (Å²) in [6.07, 6.45) is 6.55. The Morgan fingerprint density at radius 1 is 1.12 bits per heavy atom. The molecule has 0 bridgehead atoms. The van der Waals surface area contributed by atoms with Crippen LogP contribution in [-0.4, -0.2) is 61.8 Å². The number of nitrogens with zero attached hydrogens (tertiary/aromatic N) is 6. The van der Waals surface area contributed by atoms with Gasteiger partial charge in [0.2, 0.25) is 5.28 Å². The highest BCUT2D eigenvalue weighted by atomic mass is 35.5. The van der Waals surface area contributed by atoms with E-state index in [1.807, 2.05) is 19.1 Å². The van der Waals surface area contributed by atoms with Crippen LogP contribution in [0.1, 0.15) is 37.3 Å². The van der Waals surface area contributed by atoms with Crippen LogP contribution in [0.5, 0.6) is 0 Å². The molecule has 2 aliphatic rings. The van der Waals surface area contributed by atoms with Gasteiger partial charge in [0.25, 0.3) is 5.56 Å². The summed E-state index contributed by atoms with van der Waals surface area (Å²) in [6, 6.07) is 3.85. The summed E-state index contributed by atoms with van der Waals surface area (Å²) in [7, 11) is 0. The summed E-state index contributed by atoms with van der Waals surface area (Å²) in [5.41, 5.74) is 2.56. The van der Waals surface area contributed by atoms with E-state index in [0.29, 0.717) is 43.3 Å². The summed E-state index contributed by atoms with van der Waals surface area (Å²) in [6.45, 7) is 4.01. The Hall–Kier alpha value is -3.40. The van der Waals surface area contributed by atoms with Crippen molar-refractivity contribution in [1.29, 1.82) is 0 Å². The molecule has 1 aliphatic carbocycles. The van der Waals surface area contributed by atoms with Crippen LogP contribution in [0.25, 0.3) is 11.0 Å². The maximum atomic E-state index is 13.6. The Balaban J connectivity index is 1.44. The monoisotopic (exact) mass is 483 g/mol. The van der Waals surface area contributed by atoms with Crippen LogP contribution < -0.4 is 15.8 Å². The third-order valence-corrected chi connectivity index (χ3v) is 6.97. The molecular weight excluding hydrogens is 458 g/mol. The maximum Gasteiger partial charge on any atom is 0.407 e. The Bertz CT molecular complexity index is 1280. The number of anilines is 3. The Morgan fingerprint density at radius 2 is 1.85 bits per heavy atom. The molecule has 0 atom stereocenters. The second-order valence-electron chi connectivity index (χ2n) is 8.77. The zero-order valence-corrected chi connectivity index (χ0v) is 19.6. The summed E-state index contributed by atoms with van der Waals surface area (Å²) in [5, 5.41) is 13.3. The number of piperazine rings is 1. The minimum atomic E-state index is -0.890. The van der Waals surface area contributed by atoms with Gasteiger partial charge in [-0.1, -0.05) is 12.8 Å². The van der Waals surface area contributed by atoms with Crippen LogP contribution in [0.15, 0.2) is 29.3 Å². The van der Waals surface area contributed by atoms with Crippen molar-refractivity contribution in [3.8, 4) is 0 Å². The Labute approximate surface area is 201 Å². The number of rotatable bonds is 4. The topological polar surface area (TPSA) is 116 Å². The molecule has 11 heteroatoms. The molecule has 1 saturated carbocycles. The number of aryl methyl sites for hydroxylation is 1. The number of fused-ring (bicyclic) bond motifs is 1. The minimum absolute atomic E-state index is 0.0851. The lowest BCUT2D eigenvalue weighted by molar-refractivity contribution is 0.142. The molecule has 0 aromatic carbocycles. The second kappa shape index (κ2) is 9.09. The van der Waals surface area contributed by atoms with Gasteiger partial charge in [-0.3, -0.25) is 9.36 Å². The largest absolute Gasteiger partial charge is 0.465 e. The molecule has 2 N–H and O–H groups in total. The lowest BCUT2D eigenvalue weighted by Gasteiger charge is -2.34. The zero-order valence-electron chi connectivity index (χ0n) is 18.9. The molecule has 2 fully saturated rings. The zero-order chi connectivity index (χ0) is 23.8. The number of nitrogens with one attached hydrogen (secondary N) is 1. The van der Waals surface area contributed by atoms with Gasteiger partial charge in [-0.05, 0) is 49.1 Å². The van der Waals surface area contributed by atoms with E-state index in [-0.39, 0.29) is 16.9 Å². The number of carboxylic acid groups (broad SMARTS) is 1. The van der Waals surface area contributed by atoms with Gasteiger partial charge in [-0.15, -0.1) is 0 Å². The van der Waals surface area contributed by atoms with Crippen molar-refractivity contribution >= 4 is 45.9 Å². The highest BCUT2D eigenvalue weighted by Gasteiger charge is 2.25. The fourth-order valence-corrected chi connectivity index (χ4v) is 5.02. The van der Waals surface area contributed by atoms with Crippen molar-refractivity contribution in [2.24, 2.45) is 0 Å². The van der Waals surface area contributed by atoms with E-state index < -0.39 is 6.09 Å². The molecule has 0 spiro atoms. The van der Waals surface area contributed by atoms with E-state index in [9.17, 15) is 9.59 Å². The summed E-state index contributed by atoms with van der Waals surface area (Å²) >= 11 is 6.07. The third-order valence-electron chi connectivity index (χ3n) is 6.79. The van der Waals surface area contributed by atoms with E-state index >= 15 is 0 Å². The molecule has 3 aromatic rings. The third kappa shape index (κ3) is 4.13. The van der Waals surface area contributed by atoms with Crippen LogP contribution in [0, 0.1) is 6.92 Å². The van der Waals surface area contributed by atoms with E-state index in [1.54, 1.807) is 17.0 Å². The normalized spacial score (nSPS) is 16.9. The van der Waals surface area contributed by atoms with Crippen molar-refractivity contribution < 1.29 is 9.90 Å². The van der Waals surface area contributed by atoms with Crippen molar-refractivity contribution in [2.45, 2.75) is 38.6 Å². The smallest absolute Gasteiger partial charge is 0.407 e. The second-order valence-corrected chi connectivity index (χ2v) is 9.11. The molecule has 1 aliphatic heterocycles. The SMILES string of the molecule is Cc1c(Nc2ccc(N3CCN(C(=O)O)CC3)cn2)c(=O)n(C2CCCC2)c2nc(Cl)ncc12. The number of hydrogen-bond donors (Lipinski definition) is 2. The molecule has 1 amide bonds. The first kappa shape index (κ1) is 22.4. The van der Waals surface area contributed by atoms with Crippen molar-refractivity contribution in [2.75, 3.05) is 36.4 Å². The van der Waals surface area contributed by atoms with E-state index in [1.165, 1.54) is 4.90 Å². The maximum absolute atomic E-state index is 13.6. The molecule has 0 radical (unpaired) electrons. The van der Waals surface area contributed by atoms with E-state index in [0.717, 1.165) is 42.3 Å². The van der Waals surface area contributed by atoms with Gasteiger partial charge in [-0.2, -0.15) is 4.98 Å². The number of amides is 1. The average Bonchev–Trinajstić information content (AvgIpc) is 3.37. The predicted octanol–water partition coefficient (Wildman–Crippen LogP) is 3.81. The summed E-state index contributed by atoms with van der Waals surface area (Å²) in [4.78, 5) is 41.3. The fourth-order valence-electron chi connectivity index (χ4n) is 4.89. The summed E-state index contributed by atoms with van der Waals surface area (Å²) < 4.78 is 1.77. The first-order valence-corrected chi connectivity index (χ1v) is 11.8. The molecule has 4 heterocycles. The molecule has 3 aromatic heterocycles. The molecule has 0 unspecified atom stereocenters. The van der Waals surface area contributed by atoms with Gasteiger partial charge < -0.3 is 20.2 Å². The first-order valence-electron chi connectivity index (χ1n) is 11.5. The minimum Gasteiger partial charge on any atom is -0.465 e. The number of carbonyl (C=O) groups is 1. The number of aromatic nitrogens is 4. The molecular formula is C23H26ClN7O3. The Morgan fingerprint density at radius 3 is 2.50 bits per heavy atom. The molecule has 5 rings (SSSR count). The summed E-state index contributed by atoms with van der Waals surface area (Å²) in [5.74, 6) is 0.556. The van der Waals surface area contributed by atoms with Crippen molar-refractivity contribution in [3.05, 3.63) is 45.7 Å². The molecule has 34 heavy (non-hydrogen) atoms. The van der Waals surface area contributed by atoms with Gasteiger partial charge in [-0.25, -0.2) is 14.8 Å². The lowest BCUT2D eigenvalue weighted by atomic mass is 10.1. The lowest BCUT2D eigenvalue weighted by Crippen LogP contribution is -2.48. The quantitative estimate of drug-likeness (QED) is 0.538. The van der Waals surface area contributed by atoms with Crippen LogP contribution >= 0.6 is 11.6 Å². The van der Waals surface area contributed by atoms with Crippen molar-refractivity contribution in [3.63, 3.8) is 0 Å². The molecule has 1 saturated heterocycles. The fraction of sp³-hybridized carbons (Fsp3) is 0.435. The average molecular weight is 484 g/mol. The first-order chi connectivity index (χ1) is 16.4. The van der Waals surface area contributed by atoms with Gasteiger partial charge in [0.15, 0.2) is 0 Å². The van der Waals surface area contributed by atoms with Gasteiger partial charge in [0, 0.05) is 43.8 Å². The number of hydrogen-bond acceptors (Lipinski definition) is 7. The number of halogens is 1. The van der Waals surface area contributed by atoms with E-state index in [2.05, 4.69) is 25.2 Å². The van der Waals surface area contributed by atoms with Crippen LogP contribution in [0.2, 0.25) is 5.28 Å². The highest BCUT2D eigenvalue weighted by molar-refractivity contribution is 6.28. The van der Waals surface area contributed by atoms with E-state index in [4.69, 9.17) is 16.7 Å².